The number of aromatic nitrogens is 2. The number of pyridine rings is 2. The van der Waals surface area contributed by atoms with E-state index in [1.54, 1.807) is 18.3 Å². The van der Waals surface area contributed by atoms with Crippen LogP contribution in [0, 0.1) is 0 Å². The Labute approximate surface area is 182 Å². The van der Waals surface area contributed by atoms with Gasteiger partial charge in [0.25, 0.3) is 5.91 Å². The van der Waals surface area contributed by atoms with Crippen LogP contribution >= 0.6 is 0 Å². The SMILES string of the molecule is CC(Oc1ccc(C(=O)NCc2ccc(N3CCOCC3)nc2)cn1)c1ccccc1. The lowest BCUT2D eigenvalue weighted by atomic mass is 10.1. The Morgan fingerprint density at radius 1 is 1.06 bits per heavy atom. The lowest BCUT2D eigenvalue weighted by Crippen LogP contribution is -2.36. The minimum atomic E-state index is -0.188. The number of carbonyl (C=O) groups excluding carboxylic acids is 1. The normalized spacial score (nSPS) is 14.7. The van der Waals surface area contributed by atoms with Crippen molar-refractivity contribution in [1.82, 2.24) is 15.3 Å². The van der Waals surface area contributed by atoms with Gasteiger partial charge in [0.1, 0.15) is 11.9 Å². The Balaban J connectivity index is 1.28. The third-order valence-corrected chi connectivity index (χ3v) is 5.16. The van der Waals surface area contributed by atoms with Crippen LogP contribution in [0.25, 0.3) is 0 Å². The van der Waals surface area contributed by atoms with Gasteiger partial charge in [0, 0.05) is 38.1 Å². The molecule has 1 aromatic carbocycles. The molecule has 7 nitrogen and oxygen atoms in total. The van der Waals surface area contributed by atoms with Crippen molar-refractivity contribution in [3.05, 3.63) is 83.7 Å². The van der Waals surface area contributed by atoms with Gasteiger partial charge in [-0.15, -0.1) is 0 Å². The van der Waals surface area contributed by atoms with Gasteiger partial charge in [0.15, 0.2) is 0 Å². The topological polar surface area (TPSA) is 76.6 Å². The molecule has 0 bridgehead atoms. The maximum atomic E-state index is 12.5. The molecule has 1 atom stereocenters. The van der Waals surface area contributed by atoms with Crippen LogP contribution in [0.5, 0.6) is 5.88 Å². The van der Waals surface area contributed by atoms with Gasteiger partial charge in [-0.3, -0.25) is 4.79 Å². The summed E-state index contributed by atoms with van der Waals surface area (Å²) in [4.78, 5) is 23.4. The van der Waals surface area contributed by atoms with Crippen LogP contribution in [-0.4, -0.2) is 42.2 Å². The molecule has 1 amide bonds. The first kappa shape index (κ1) is 20.8. The Hall–Kier alpha value is -3.45. The zero-order chi connectivity index (χ0) is 21.5. The zero-order valence-corrected chi connectivity index (χ0v) is 17.5. The van der Waals surface area contributed by atoms with Crippen molar-refractivity contribution < 1.29 is 14.3 Å². The maximum absolute atomic E-state index is 12.5. The fourth-order valence-corrected chi connectivity index (χ4v) is 3.34. The Morgan fingerprint density at radius 3 is 2.55 bits per heavy atom. The van der Waals surface area contributed by atoms with Gasteiger partial charge in [0.2, 0.25) is 5.88 Å². The Morgan fingerprint density at radius 2 is 1.87 bits per heavy atom. The van der Waals surface area contributed by atoms with E-state index in [-0.39, 0.29) is 12.0 Å². The van der Waals surface area contributed by atoms with Crippen LogP contribution in [0.15, 0.2) is 67.0 Å². The highest BCUT2D eigenvalue weighted by molar-refractivity contribution is 5.93. The smallest absolute Gasteiger partial charge is 0.253 e. The molecule has 1 saturated heterocycles. The molecule has 160 valence electrons. The first-order chi connectivity index (χ1) is 15.2. The molecule has 1 unspecified atom stereocenters. The molecule has 3 heterocycles. The average Bonchev–Trinajstić information content (AvgIpc) is 2.84. The molecule has 2 aromatic heterocycles. The van der Waals surface area contributed by atoms with Crippen LogP contribution in [0.3, 0.4) is 0 Å². The molecule has 0 spiro atoms. The van der Waals surface area contributed by atoms with Gasteiger partial charge in [-0.25, -0.2) is 9.97 Å². The molecule has 1 N–H and O–H groups in total. The van der Waals surface area contributed by atoms with Gasteiger partial charge < -0.3 is 19.7 Å². The van der Waals surface area contributed by atoms with Gasteiger partial charge in [-0.1, -0.05) is 36.4 Å². The summed E-state index contributed by atoms with van der Waals surface area (Å²) in [5.41, 5.74) is 2.49. The highest BCUT2D eigenvalue weighted by atomic mass is 16.5. The van der Waals surface area contributed by atoms with Gasteiger partial charge in [-0.05, 0) is 30.2 Å². The molecule has 0 saturated carbocycles. The second kappa shape index (κ2) is 10.0. The number of carbonyl (C=O) groups is 1. The highest BCUT2D eigenvalue weighted by Crippen LogP contribution is 2.20. The minimum absolute atomic E-state index is 0.124. The number of ether oxygens (including phenoxy) is 2. The van der Waals surface area contributed by atoms with Crippen molar-refractivity contribution in [2.24, 2.45) is 0 Å². The van der Waals surface area contributed by atoms with Crippen LogP contribution in [0.4, 0.5) is 5.82 Å². The summed E-state index contributed by atoms with van der Waals surface area (Å²) in [6.45, 7) is 5.51. The molecule has 0 radical (unpaired) electrons. The van der Waals surface area contributed by atoms with E-state index in [0.717, 1.165) is 43.2 Å². The van der Waals surface area contributed by atoms with Crippen LogP contribution in [0.1, 0.15) is 34.5 Å². The number of nitrogens with zero attached hydrogens (tertiary/aromatic N) is 3. The van der Waals surface area contributed by atoms with Crippen LogP contribution in [-0.2, 0) is 11.3 Å². The fraction of sp³-hybridized carbons (Fsp3) is 0.292. The minimum Gasteiger partial charge on any atom is -0.470 e. The van der Waals surface area contributed by atoms with E-state index >= 15 is 0 Å². The first-order valence-corrected chi connectivity index (χ1v) is 10.4. The van der Waals surface area contributed by atoms with Gasteiger partial charge >= 0.3 is 0 Å². The number of hydrogen-bond acceptors (Lipinski definition) is 6. The zero-order valence-electron chi connectivity index (χ0n) is 17.5. The number of rotatable bonds is 7. The number of morpholine rings is 1. The van der Waals surface area contributed by atoms with Crippen LogP contribution in [0.2, 0.25) is 0 Å². The quantitative estimate of drug-likeness (QED) is 0.634. The third-order valence-electron chi connectivity index (χ3n) is 5.16. The monoisotopic (exact) mass is 418 g/mol. The van der Waals surface area contributed by atoms with Crippen molar-refractivity contribution >= 4 is 11.7 Å². The number of amides is 1. The Kier molecular flexibility index (Phi) is 6.74. The number of benzene rings is 1. The third kappa shape index (κ3) is 5.58. The van der Waals surface area contributed by atoms with E-state index in [1.165, 1.54) is 6.20 Å². The summed E-state index contributed by atoms with van der Waals surface area (Å²) in [7, 11) is 0. The van der Waals surface area contributed by atoms with E-state index in [2.05, 4.69) is 20.2 Å². The second-order valence-corrected chi connectivity index (χ2v) is 7.36. The molecular formula is C24H26N4O3. The summed E-state index contributed by atoms with van der Waals surface area (Å²) >= 11 is 0. The average molecular weight is 418 g/mol. The first-order valence-electron chi connectivity index (χ1n) is 10.4. The summed E-state index contributed by atoms with van der Waals surface area (Å²) in [6.07, 6.45) is 3.20. The molecule has 31 heavy (non-hydrogen) atoms. The summed E-state index contributed by atoms with van der Waals surface area (Å²) in [5, 5.41) is 2.91. The predicted octanol–water partition coefficient (Wildman–Crippen LogP) is 3.38. The molecule has 0 aliphatic carbocycles. The van der Waals surface area contributed by atoms with Crippen molar-refractivity contribution in [3.63, 3.8) is 0 Å². The maximum Gasteiger partial charge on any atom is 0.253 e. The summed E-state index contributed by atoms with van der Waals surface area (Å²) in [6, 6.07) is 17.3. The van der Waals surface area contributed by atoms with E-state index in [9.17, 15) is 4.79 Å². The molecular weight excluding hydrogens is 392 g/mol. The molecule has 3 aromatic rings. The lowest BCUT2D eigenvalue weighted by Gasteiger charge is -2.27. The van der Waals surface area contributed by atoms with Crippen molar-refractivity contribution in [2.75, 3.05) is 31.2 Å². The molecule has 1 aliphatic heterocycles. The highest BCUT2D eigenvalue weighted by Gasteiger charge is 2.13. The largest absolute Gasteiger partial charge is 0.470 e. The van der Waals surface area contributed by atoms with Gasteiger partial charge in [-0.2, -0.15) is 0 Å². The van der Waals surface area contributed by atoms with E-state index in [4.69, 9.17) is 9.47 Å². The second-order valence-electron chi connectivity index (χ2n) is 7.36. The van der Waals surface area contributed by atoms with Crippen molar-refractivity contribution in [3.8, 4) is 5.88 Å². The molecule has 1 aliphatic rings. The number of nitrogens with one attached hydrogen (secondary N) is 1. The van der Waals surface area contributed by atoms with Gasteiger partial charge in [0.05, 0.1) is 18.8 Å². The molecule has 7 heteroatoms. The number of hydrogen-bond donors (Lipinski definition) is 1. The molecule has 4 rings (SSSR count). The predicted molar refractivity (Wildman–Crippen MR) is 118 cm³/mol. The standard InChI is InChI=1S/C24H26N4O3/c1-18(20-5-3-2-4-6-20)31-23-10-8-21(17-26-23)24(29)27-16-19-7-9-22(25-15-19)28-11-13-30-14-12-28/h2-10,15,17-18H,11-14,16H2,1H3,(H,27,29). The number of anilines is 1. The van der Waals surface area contributed by atoms with Crippen LogP contribution < -0.4 is 15.0 Å². The van der Waals surface area contributed by atoms with E-state index in [1.807, 2.05) is 49.4 Å². The Bertz CT molecular complexity index is 972. The van der Waals surface area contributed by atoms with Crippen molar-refractivity contribution in [2.45, 2.75) is 19.6 Å². The molecule has 1 fully saturated rings. The van der Waals surface area contributed by atoms with Crippen molar-refractivity contribution in [1.29, 1.82) is 0 Å². The van der Waals surface area contributed by atoms with E-state index in [0.29, 0.717) is 18.0 Å². The lowest BCUT2D eigenvalue weighted by molar-refractivity contribution is 0.0950. The summed E-state index contributed by atoms with van der Waals surface area (Å²) in [5.74, 6) is 1.23. The fourth-order valence-electron chi connectivity index (χ4n) is 3.34. The summed E-state index contributed by atoms with van der Waals surface area (Å²) < 4.78 is 11.2. The van der Waals surface area contributed by atoms with E-state index < -0.39 is 0 Å².